The summed E-state index contributed by atoms with van der Waals surface area (Å²) in [5.74, 6) is 0. The topological polar surface area (TPSA) is 88.1 Å². The number of nitrogens with one attached hydrogen (secondary N) is 1. The summed E-state index contributed by atoms with van der Waals surface area (Å²) in [6, 6.07) is 6.58. The van der Waals surface area contributed by atoms with E-state index in [0.717, 1.165) is 0 Å². The van der Waals surface area contributed by atoms with Crippen molar-refractivity contribution in [3.63, 3.8) is 0 Å². The van der Waals surface area contributed by atoms with Gasteiger partial charge in [0.25, 0.3) is 0 Å². The molecule has 0 unspecified atom stereocenters. The van der Waals surface area contributed by atoms with E-state index in [4.69, 9.17) is 11.0 Å². The van der Waals surface area contributed by atoms with Crippen molar-refractivity contribution < 1.29 is 9.53 Å². The van der Waals surface area contributed by atoms with Crippen molar-refractivity contribution >= 4 is 17.5 Å². The molecule has 0 heterocycles. The zero-order chi connectivity index (χ0) is 11.3. The molecule has 5 nitrogen and oxygen atoms in total. The third-order valence-electron chi connectivity index (χ3n) is 1.68. The maximum atomic E-state index is 11.1. The molecule has 1 aromatic carbocycles. The number of carbonyl (C=O) groups excluding carboxylic acids is 1. The summed E-state index contributed by atoms with van der Waals surface area (Å²) in [6.45, 7) is 1.98. The Balaban J connectivity index is 2.86. The summed E-state index contributed by atoms with van der Waals surface area (Å²) in [5.41, 5.74) is 6.67. The molecule has 3 N–H and O–H groups in total. The van der Waals surface area contributed by atoms with Gasteiger partial charge in [-0.3, -0.25) is 5.32 Å². The van der Waals surface area contributed by atoms with Crippen LogP contribution in [0.5, 0.6) is 0 Å². The lowest BCUT2D eigenvalue weighted by Gasteiger charge is -2.06. The molecule has 0 saturated carbocycles. The van der Waals surface area contributed by atoms with Crippen LogP contribution in [0, 0.1) is 11.3 Å². The molecule has 5 heteroatoms. The summed E-state index contributed by atoms with van der Waals surface area (Å²) in [6.07, 6.45) is -0.584. The average molecular weight is 205 g/mol. The molecular weight excluding hydrogens is 194 g/mol. The van der Waals surface area contributed by atoms with Crippen LogP contribution in [0.2, 0.25) is 0 Å². The lowest BCUT2D eigenvalue weighted by molar-refractivity contribution is 0.168. The monoisotopic (exact) mass is 205 g/mol. The van der Waals surface area contributed by atoms with Crippen LogP contribution in [0.15, 0.2) is 18.2 Å². The van der Waals surface area contributed by atoms with E-state index in [1.54, 1.807) is 19.1 Å². The molecule has 15 heavy (non-hydrogen) atoms. The predicted molar refractivity (Wildman–Crippen MR) is 56.2 cm³/mol. The standard InChI is InChI=1S/C10H11N3O2/c1-2-15-10(14)13-9-4-3-8(12)5-7(9)6-11/h3-5H,2,12H2,1H3,(H,13,14). The minimum Gasteiger partial charge on any atom is -0.450 e. The van der Waals surface area contributed by atoms with E-state index in [1.807, 2.05) is 6.07 Å². The van der Waals surface area contributed by atoms with Gasteiger partial charge in [0.15, 0.2) is 0 Å². The van der Waals surface area contributed by atoms with Crippen LogP contribution >= 0.6 is 0 Å². The van der Waals surface area contributed by atoms with E-state index in [1.165, 1.54) is 6.07 Å². The summed E-state index contributed by atoms with van der Waals surface area (Å²) in [5, 5.41) is 11.2. The molecular formula is C10H11N3O2. The number of amides is 1. The highest BCUT2D eigenvalue weighted by Gasteiger charge is 2.06. The van der Waals surface area contributed by atoms with E-state index in [0.29, 0.717) is 16.9 Å². The number of nitrogen functional groups attached to an aromatic ring is 1. The van der Waals surface area contributed by atoms with Gasteiger partial charge in [-0.05, 0) is 25.1 Å². The van der Waals surface area contributed by atoms with Crippen LogP contribution < -0.4 is 11.1 Å². The van der Waals surface area contributed by atoms with Crippen LogP contribution in [0.1, 0.15) is 12.5 Å². The minimum atomic E-state index is -0.584. The number of hydrogen-bond donors (Lipinski definition) is 2. The second-order valence-electron chi connectivity index (χ2n) is 2.76. The van der Waals surface area contributed by atoms with E-state index in [9.17, 15) is 4.79 Å². The lowest BCUT2D eigenvalue weighted by atomic mass is 10.2. The van der Waals surface area contributed by atoms with Gasteiger partial charge < -0.3 is 10.5 Å². The van der Waals surface area contributed by atoms with Crippen LogP contribution in [0.3, 0.4) is 0 Å². The molecule has 78 valence electrons. The SMILES string of the molecule is CCOC(=O)Nc1ccc(N)cc1C#N. The van der Waals surface area contributed by atoms with Crippen LogP contribution in [-0.2, 0) is 4.74 Å². The number of nitrogens with zero attached hydrogens (tertiary/aromatic N) is 1. The Kier molecular flexibility index (Phi) is 3.52. The van der Waals surface area contributed by atoms with Crippen molar-refractivity contribution in [3.05, 3.63) is 23.8 Å². The van der Waals surface area contributed by atoms with Crippen LogP contribution in [0.4, 0.5) is 16.2 Å². The first-order chi connectivity index (χ1) is 7.17. The summed E-state index contributed by atoms with van der Waals surface area (Å²) >= 11 is 0. The Labute approximate surface area is 87.4 Å². The van der Waals surface area contributed by atoms with Crippen molar-refractivity contribution in [3.8, 4) is 6.07 Å². The molecule has 0 fully saturated rings. The van der Waals surface area contributed by atoms with Crippen molar-refractivity contribution in [1.29, 1.82) is 5.26 Å². The first-order valence-corrected chi connectivity index (χ1v) is 4.40. The Hall–Kier alpha value is -2.22. The van der Waals surface area contributed by atoms with Crippen molar-refractivity contribution in [1.82, 2.24) is 0 Å². The fourth-order valence-electron chi connectivity index (χ4n) is 1.04. The average Bonchev–Trinajstić information content (AvgIpc) is 2.21. The molecule has 0 aliphatic rings. The fourth-order valence-corrected chi connectivity index (χ4v) is 1.04. The second-order valence-corrected chi connectivity index (χ2v) is 2.76. The molecule has 0 saturated heterocycles. The summed E-state index contributed by atoms with van der Waals surface area (Å²) in [7, 11) is 0. The van der Waals surface area contributed by atoms with Gasteiger partial charge in [-0.15, -0.1) is 0 Å². The third kappa shape index (κ3) is 2.88. The molecule has 0 radical (unpaired) electrons. The van der Waals surface area contributed by atoms with Gasteiger partial charge in [-0.25, -0.2) is 4.79 Å². The highest BCUT2D eigenvalue weighted by atomic mass is 16.5. The molecule has 0 bridgehead atoms. The fraction of sp³-hybridized carbons (Fsp3) is 0.200. The number of nitrogens with two attached hydrogens (primary N) is 1. The smallest absolute Gasteiger partial charge is 0.411 e. The van der Waals surface area contributed by atoms with E-state index in [-0.39, 0.29) is 6.61 Å². The number of carbonyl (C=O) groups is 1. The number of ether oxygens (including phenoxy) is 1. The molecule has 0 aromatic heterocycles. The first-order valence-electron chi connectivity index (χ1n) is 4.40. The molecule has 0 aliphatic carbocycles. The first kappa shape index (κ1) is 10.9. The largest absolute Gasteiger partial charge is 0.450 e. The summed E-state index contributed by atoms with van der Waals surface area (Å²) < 4.78 is 4.68. The normalized spacial score (nSPS) is 9.07. The third-order valence-corrected chi connectivity index (χ3v) is 1.68. The van der Waals surface area contributed by atoms with Gasteiger partial charge in [0.05, 0.1) is 17.9 Å². The molecule has 0 atom stereocenters. The van der Waals surface area contributed by atoms with Crippen molar-refractivity contribution in [2.45, 2.75) is 6.92 Å². The quantitative estimate of drug-likeness (QED) is 0.719. The van der Waals surface area contributed by atoms with Gasteiger partial charge in [-0.1, -0.05) is 0 Å². The molecule has 0 spiro atoms. The Bertz CT molecular complexity index is 410. The van der Waals surface area contributed by atoms with Crippen molar-refractivity contribution in [2.75, 3.05) is 17.7 Å². The minimum absolute atomic E-state index is 0.280. The molecule has 1 rings (SSSR count). The Morgan fingerprint density at radius 1 is 1.67 bits per heavy atom. The number of hydrogen-bond acceptors (Lipinski definition) is 4. The zero-order valence-electron chi connectivity index (χ0n) is 8.28. The highest BCUT2D eigenvalue weighted by molar-refractivity contribution is 5.87. The maximum absolute atomic E-state index is 11.1. The maximum Gasteiger partial charge on any atom is 0.411 e. The van der Waals surface area contributed by atoms with E-state index in [2.05, 4.69) is 10.1 Å². The van der Waals surface area contributed by atoms with E-state index >= 15 is 0 Å². The number of benzene rings is 1. The van der Waals surface area contributed by atoms with Gasteiger partial charge >= 0.3 is 6.09 Å². The number of rotatable bonds is 2. The second kappa shape index (κ2) is 4.86. The van der Waals surface area contributed by atoms with Gasteiger partial charge in [0, 0.05) is 5.69 Å². The van der Waals surface area contributed by atoms with Gasteiger partial charge in [-0.2, -0.15) is 5.26 Å². The van der Waals surface area contributed by atoms with Crippen LogP contribution in [-0.4, -0.2) is 12.7 Å². The summed E-state index contributed by atoms with van der Waals surface area (Å²) in [4.78, 5) is 11.1. The van der Waals surface area contributed by atoms with Crippen molar-refractivity contribution in [2.24, 2.45) is 0 Å². The van der Waals surface area contributed by atoms with E-state index < -0.39 is 6.09 Å². The number of anilines is 2. The molecule has 1 amide bonds. The van der Waals surface area contributed by atoms with Crippen LogP contribution in [0.25, 0.3) is 0 Å². The number of nitriles is 1. The predicted octanol–water partition coefficient (Wildman–Crippen LogP) is 1.71. The lowest BCUT2D eigenvalue weighted by Crippen LogP contribution is -2.14. The Morgan fingerprint density at radius 3 is 3.00 bits per heavy atom. The zero-order valence-corrected chi connectivity index (χ0v) is 8.28. The molecule has 0 aliphatic heterocycles. The Morgan fingerprint density at radius 2 is 2.40 bits per heavy atom. The highest BCUT2D eigenvalue weighted by Crippen LogP contribution is 2.17. The van der Waals surface area contributed by atoms with Gasteiger partial charge in [0.2, 0.25) is 0 Å². The molecule has 1 aromatic rings. The van der Waals surface area contributed by atoms with Gasteiger partial charge in [0.1, 0.15) is 6.07 Å².